The molecule has 4 N–H and O–H groups in total. The Labute approximate surface area is 160 Å². The number of carbonyl (C=O) groups is 1. The summed E-state index contributed by atoms with van der Waals surface area (Å²) in [6.07, 6.45) is 0.112. The summed E-state index contributed by atoms with van der Waals surface area (Å²) in [5.41, 5.74) is 6.82. The average Bonchev–Trinajstić information content (AvgIpc) is 2.54. The largest absolute Gasteiger partial charge is 0.488 e. The molecule has 0 bridgehead atoms. The van der Waals surface area contributed by atoms with Gasteiger partial charge in [-0.15, -0.1) is 0 Å². The quantitative estimate of drug-likeness (QED) is 0.680. The number of aliphatic hydroxyl groups is 1. The number of β-amino-alcohol motifs (C(OH)–C–C–N with tert-alkyl or cyclic N) is 1. The summed E-state index contributed by atoms with van der Waals surface area (Å²) in [4.78, 5) is 14.5. The first kappa shape index (κ1) is 20.7. The van der Waals surface area contributed by atoms with Crippen molar-refractivity contribution in [2.45, 2.75) is 33.0 Å². The van der Waals surface area contributed by atoms with Crippen molar-refractivity contribution in [2.75, 3.05) is 30.7 Å². The molecule has 1 aliphatic heterocycles. The first-order valence-electron chi connectivity index (χ1n) is 8.67. The van der Waals surface area contributed by atoms with Gasteiger partial charge >= 0.3 is 0 Å². The van der Waals surface area contributed by atoms with Gasteiger partial charge in [-0.05, 0) is 50.2 Å². The number of hydrogen-bond donors (Lipinski definition) is 3. The molecule has 146 valence electrons. The van der Waals surface area contributed by atoms with Crippen LogP contribution in [0.1, 0.15) is 31.6 Å². The molecule has 1 fully saturated rings. The van der Waals surface area contributed by atoms with Crippen LogP contribution in [0.25, 0.3) is 0 Å². The third-order valence-corrected chi connectivity index (χ3v) is 4.16. The highest BCUT2D eigenvalue weighted by Gasteiger charge is 2.31. The number of carbonyl (C=O) groups excluding carboxylic acids is 1. The molecule has 1 aliphatic rings. The minimum absolute atomic E-state index is 0. The van der Waals surface area contributed by atoms with Crippen LogP contribution in [-0.4, -0.2) is 47.3 Å². The molecular weight excluding hydrogens is 342 g/mol. The van der Waals surface area contributed by atoms with E-state index in [0.29, 0.717) is 23.5 Å². The van der Waals surface area contributed by atoms with Crippen LogP contribution in [0.2, 0.25) is 0 Å². The molecule has 6 heteroatoms. The second kappa shape index (κ2) is 8.41. The summed E-state index contributed by atoms with van der Waals surface area (Å²) in [5.74, 6) is 0.517. The lowest BCUT2D eigenvalue weighted by molar-refractivity contribution is -0.0363. The molecule has 0 spiro atoms. The predicted molar refractivity (Wildman–Crippen MR) is 109 cm³/mol. The Kier molecular flexibility index (Phi) is 6.46. The highest BCUT2D eigenvalue weighted by atomic mass is 16.5. The van der Waals surface area contributed by atoms with Crippen LogP contribution in [0.3, 0.4) is 0 Å². The van der Waals surface area contributed by atoms with Crippen molar-refractivity contribution >= 4 is 17.3 Å². The third kappa shape index (κ3) is 5.70. The number of likely N-dealkylation sites (tertiary alicyclic amines) is 1. The summed E-state index contributed by atoms with van der Waals surface area (Å²) in [6.45, 7) is 5.82. The Balaban J connectivity index is 0.00000261. The van der Waals surface area contributed by atoms with Gasteiger partial charge in [0, 0.05) is 25.2 Å². The Bertz CT molecular complexity index is 763. The van der Waals surface area contributed by atoms with E-state index in [9.17, 15) is 9.90 Å². The zero-order valence-corrected chi connectivity index (χ0v) is 15.1. The van der Waals surface area contributed by atoms with Gasteiger partial charge in [-0.1, -0.05) is 19.6 Å². The molecule has 0 aliphatic carbocycles. The van der Waals surface area contributed by atoms with Gasteiger partial charge in [-0.2, -0.15) is 0 Å². The molecule has 0 saturated carbocycles. The van der Waals surface area contributed by atoms with Gasteiger partial charge in [-0.3, -0.25) is 9.69 Å². The van der Waals surface area contributed by atoms with Crippen LogP contribution >= 0.6 is 0 Å². The number of hydrogen-bond acceptors (Lipinski definition) is 5. The van der Waals surface area contributed by atoms with Gasteiger partial charge in [0.05, 0.1) is 17.0 Å². The van der Waals surface area contributed by atoms with Crippen LogP contribution in [0.15, 0.2) is 48.5 Å². The second-order valence-corrected chi connectivity index (χ2v) is 7.31. The first-order chi connectivity index (χ1) is 12.3. The molecular formula is C21H29N3O3. The van der Waals surface area contributed by atoms with Crippen molar-refractivity contribution in [3.8, 4) is 5.75 Å². The summed E-state index contributed by atoms with van der Waals surface area (Å²) < 4.78 is 5.89. The molecule has 2 aromatic rings. The van der Waals surface area contributed by atoms with E-state index in [1.165, 1.54) is 0 Å². The van der Waals surface area contributed by atoms with Crippen LogP contribution < -0.4 is 15.8 Å². The fraction of sp³-hybridized carbons (Fsp3) is 0.381. The number of nitrogen functional groups attached to an aromatic ring is 1. The maximum absolute atomic E-state index is 12.3. The van der Waals surface area contributed by atoms with Gasteiger partial charge in [0.1, 0.15) is 11.9 Å². The Morgan fingerprint density at radius 2 is 1.85 bits per heavy atom. The molecule has 27 heavy (non-hydrogen) atoms. The molecule has 1 heterocycles. The van der Waals surface area contributed by atoms with E-state index in [4.69, 9.17) is 10.5 Å². The summed E-state index contributed by atoms with van der Waals surface area (Å²) >= 11 is 0. The van der Waals surface area contributed by atoms with Crippen LogP contribution in [0, 0.1) is 0 Å². The van der Waals surface area contributed by atoms with Crippen molar-refractivity contribution in [3.05, 3.63) is 54.1 Å². The van der Waals surface area contributed by atoms with Crippen molar-refractivity contribution in [1.82, 2.24) is 4.90 Å². The smallest absolute Gasteiger partial charge is 0.255 e. The predicted octanol–water partition coefficient (Wildman–Crippen LogP) is 2.99. The zero-order chi connectivity index (χ0) is 18.7. The lowest BCUT2D eigenvalue weighted by atomic mass is 10.1. The van der Waals surface area contributed by atoms with Gasteiger partial charge in [-0.25, -0.2) is 0 Å². The number of benzene rings is 2. The molecule has 0 radical (unpaired) electrons. The molecule has 2 aromatic carbocycles. The van der Waals surface area contributed by atoms with Crippen LogP contribution in [-0.2, 0) is 0 Å². The summed E-state index contributed by atoms with van der Waals surface area (Å²) in [6, 6.07) is 14.2. The summed E-state index contributed by atoms with van der Waals surface area (Å²) in [5, 5.41) is 12.6. The maximum atomic E-state index is 12.3. The van der Waals surface area contributed by atoms with Crippen molar-refractivity contribution in [2.24, 2.45) is 0 Å². The van der Waals surface area contributed by atoms with E-state index in [-0.39, 0.29) is 19.4 Å². The third-order valence-electron chi connectivity index (χ3n) is 4.16. The molecule has 1 amide bonds. The molecule has 0 aromatic heterocycles. The fourth-order valence-electron chi connectivity index (χ4n) is 2.96. The minimum Gasteiger partial charge on any atom is -0.488 e. The monoisotopic (exact) mass is 371 g/mol. The molecule has 6 nitrogen and oxygen atoms in total. The van der Waals surface area contributed by atoms with Gasteiger partial charge in [0.2, 0.25) is 0 Å². The van der Waals surface area contributed by atoms with Gasteiger partial charge in [0.25, 0.3) is 5.91 Å². The maximum Gasteiger partial charge on any atom is 0.255 e. The fourth-order valence-corrected chi connectivity index (χ4v) is 2.96. The number of nitrogens with one attached hydrogen (secondary N) is 1. The van der Waals surface area contributed by atoms with E-state index in [1.54, 1.807) is 50.2 Å². The second-order valence-electron chi connectivity index (χ2n) is 7.31. The average molecular weight is 371 g/mol. The lowest BCUT2D eigenvalue weighted by Crippen LogP contribution is -2.57. The van der Waals surface area contributed by atoms with E-state index >= 15 is 0 Å². The highest BCUT2D eigenvalue weighted by Crippen LogP contribution is 2.22. The molecule has 1 saturated heterocycles. The summed E-state index contributed by atoms with van der Waals surface area (Å²) in [7, 11) is 0. The number of nitrogens with two attached hydrogens (primary N) is 1. The van der Waals surface area contributed by atoms with E-state index < -0.39 is 5.60 Å². The van der Waals surface area contributed by atoms with Crippen molar-refractivity contribution in [1.29, 1.82) is 0 Å². The molecule has 0 unspecified atom stereocenters. The van der Waals surface area contributed by atoms with Crippen molar-refractivity contribution < 1.29 is 14.6 Å². The van der Waals surface area contributed by atoms with E-state index in [0.717, 1.165) is 18.8 Å². The number of anilines is 2. The number of amides is 1. The zero-order valence-electron chi connectivity index (χ0n) is 15.1. The lowest BCUT2D eigenvalue weighted by Gasteiger charge is -2.41. The number of nitrogens with zero attached hydrogens (tertiary/aromatic N) is 1. The molecule has 3 rings (SSSR count). The van der Waals surface area contributed by atoms with Crippen LogP contribution in [0.5, 0.6) is 5.75 Å². The standard InChI is InChI=1S/C20H25N3O3.CH4/c1-20(2,25)13-23-11-16(12-23)26-15-9-7-14(8-10-15)19(24)22-18-6-4-3-5-17(18)21;/h3-10,16,25H,11-13,21H2,1-2H3,(H,22,24);1H4. The Hall–Kier alpha value is -2.57. The van der Waals surface area contributed by atoms with Gasteiger partial charge < -0.3 is 20.9 Å². The van der Waals surface area contributed by atoms with Crippen molar-refractivity contribution in [3.63, 3.8) is 0 Å². The SMILES string of the molecule is C.CC(C)(O)CN1CC(Oc2ccc(C(=O)Nc3ccccc3N)cc2)C1. The number of ether oxygens (including phenoxy) is 1. The Morgan fingerprint density at radius 1 is 1.22 bits per heavy atom. The Morgan fingerprint density at radius 3 is 2.44 bits per heavy atom. The normalized spacial score (nSPS) is 14.8. The first-order valence-corrected chi connectivity index (χ1v) is 8.67. The topological polar surface area (TPSA) is 87.8 Å². The number of rotatable bonds is 6. The van der Waals surface area contributed by atoms with E-state index in [1.807, 2.05) is 12.1 Å². The molecule has 0 atom stereocenters. The number of para-hydroxylation sites is 2. The van der Waals surface area contributed by atoms with E-state index in [2.05, 4.69) is 10.2 Å². The van der Waals surface area contributed by atoms with Gasteiger partial charge in [0.15, 0.2) is 0 Å². The van der Waals surface area contributed by atoms with Crippen LogP contribution in [0.4, 0.5) is 11.4 Å². The highest BCUT2D eigenvalue weighted by molar-refractivity contribution is 6.05. The minimum atomic E-state index is -0.692.